The first kappa shape index (κ1) is 19.4. The quantitative estimate of drug-likeness (QED) is 0.724. The number of hydrogen-bond acceptors (Lipinski definition) is 8. The van der Waals surface area contributed by atoms with Crippen molar-refractivity contribution in [3.63, 3.8) is 0 Å². The number of amides is 1. The van der Waals surface area contributed by atoms with Gasteiger partial charge in [-0.05, 0) is 26.2 Å². The van der Waals surface area contributed by atoms with Crippen LogP contribution in [0.3, 0.4) is 0 Å². The first-order valence-electron chi connectivity index (χ1n) is 8.36. The predicted octanol–water partition coefficient (Wildman–Crippen LogP) is 0.715. The third-order valence-corrected chi connectivity index (χ3v) is 3.79. The lowest BCUT2D eigenvalue weighted by molar-refractivity contribution is 0.101. The summed E-state index contributed by atoms with van der Waals surface area (Å²) in [6, 6.07) is 0. The highest BCUT2D eigenvalue weighted by Crippen LogP contribution is 2.20. The van der Waals surface area contributed by atoms with Gasteiger partial charge < -0.3 is 25.0 Å². The number of carbonyl (C=O) groups excluding carboxylic acids is 1. The second kappa shape index (κ2) is 8.99. The first-order chi connectivity index (χ1) is 12.5. The number of aromatic hydroxyl groups is 1. The number of aliphatic hydroxyl groups excluding tert-OH is 1. The summed E-state index contributed by atoms with van der Waals surface area (Å²) in [6.45, 7) is 3.45. The summed E-state index contributed by atoms with van der Waals surface area (Å²) < 4.78 is 5.88. The van der Waals surface area contributed by atoms with Crippen molar-refractivity contribution in [2.24, 2.45) is 7.05 Å². The van der Waals surface area contributed by atoms with Crippen molar-refractivity contribution in [3.05, 3.63) is 28.5 Å². The molecule has 1 amide bonds. The summed E-state index contributed by atoms with van der Waals surface area (Å²) in [5.41, 5.74) is -0.651. The Bertz CT molecular complexity index is 781. The number of nitrogens with zero attached hydrogens (tertiary/aromatic N) is 4. The summed E-state index contributed by atoms with van der Waals surface area (Å²) in [4.78, 5) is 30.6. The number of rotatable bonds is 3. The maximum atomic E-state index is 12.3. The van der Waals surface area contributed by atoms with Gasteiger partial charge in [0.25, 0.3) is 11.5 Å². The Hall–Kier alpha value is -2.88. The molecule has 1 aliphatic heterocycles. The minimum absolute atomic E-state index is 0.250. The zero-order valence-corrected chi connectivity index (χ0v) is 14.8. The largest absolute Gasteiger partial charge is 0.501 e. The Morgan fingerprint density at radius 2 is 2.00 bits per heavy atom. The topological polar surface area (TPSA) is 134 Å². The molecule has 1 aliphatic rings. The van der Waals surface area contributed by atoms with Crippen molar-refractivity contribution in [2.45, 2.75) is 26.2 Å². The molecule has 0 unspecified atom stereocenters. The average molecular weight is 365 g/mol. The predicted molar refractivity (Wildman–Crippen MR) is 94.4 cm³/mol. The number of aliphatic hydroxyl groups is 1. The smallest absolute Gasteiger partial charge is 0.297 e. The van der Waals surface area contributed by atoms with Crippen LogP contribution >= 0.6 is 0 Å². The fraction of sp³-hybridized carbons (Fsp3) is 0.500. The Morgan fingerprint density at radius 1 is 1.35 bits per heavy atom. The molecule has 0 saturated carbocycles. The molecule has 2 aromatic heterocycles. The summed E-state index contributed by atoms with van der Waals surface area (Å²) in [5.74, 6) is -0.994. The number of carbonyl (C=O) groups is 1. The van der Waals surface area contributed by atoms with E-state index < -0.39 is 17.2 Å². The Morgan fingerprint density at radius 3 is 2.58 bits per heavy atom. The SMILES string of the molecule is CCO.Cn1c(N2CCCCC2)nc(C(=O)Nc2cnoc2)c(O)c1=O. The van der Waals surface area contributed by atoms with E-state index in [9.17, 15) is 14.7 Å². The van der Waals surface area contributed by atoms with Gasteiger partial charge in [-0.3, -0.25) is 14.2 Å². The molecule has 0 aliphatic carbocycles. The molecule has 10 nitrogen and oxygen atoms in total. The zero-order chi connectivity index (χ0) is 19.1. The Balaban J connectivity index is 0.000000758. The highest BCUT2D eigenvalue weighted by Gasteiger charge is 2.24. The molecule has 3 heterocycles. The lowest BCUT2D eigenvalue weighted by Crippen LogP contribution is -2.36. The standard InChI is InChI=1S/C14H17N5O4.C2H6O/c1-18-13(22)11(20)10(12(21)16-9-7-15-23-8-9)17-14(18)19-5-3-2-4-6-19;1-2-3/h7-8,20H,2-6H2,1H3,(H,16,21);3H,2H2,1H3. The van der Waals surface area contributed by atoms with Crippen LogP contribution in [0.15, 0.2) is 21.8 Å². The van der Waals surface area contributed by atoms with Crippen molar-refractivity contribution in [1.29, 1.82) is 0 Å². The van der Waals surface area contributed by atoms with E-state index in [1.807, 2.05) is 4.90 Å². The van der Waals surface area contributed by atoms with Gasteiger partial charge >= 0.3 is 0 Å². The molecule has 0 aromatic carbocycles. The summed E-state index contributed by atoms with van der Waals surface area (Å²) in [6.07, 6.45) is 5.67. The van der Waals surface area contributed by atoms with Crippen LogP contribution in [0.25, 0.3) is 0 Å². The van der Waals surface area contributed by atoms with Gasteiger partial charge in [0, 0.05) is 26.7 Å². The summed E-state index contributed by atoms with van der Waals surface area (Å²) in [7, 11) is 1.53. The van der Waals surface area contributed by atoms with E-state index in [2.05, 4.69) is 20.0 Å². The van der Waals surface area contributed by atoms with E-state index in [1.54, 1.807) is 6.92 Å². The van der Waals surface area contributed by atoms with E-state index in [1.165, 1.54) is 24.1 Å². The number of anilines is 2. The maximum Gasteiger partial charge on any atom is 0.297 e. The van der Waals surface area contributed by atoms with E-state index in [-0.39, 0.29) is 12.3 Å². The average Bonchev–Trinajstić information content (AvgIpc) is 3.14. The van der Waals surface area contributed by atoms with E-state index >= 15 is 0 Å². The minimum Gasteiger partial charge on any atom is -0.501 e. The minimum atomic E-state index is -0.693. The van der Waals surface area contributed by atoms with Crippen molar-refractivity contribution < 1.29 is 19.5 Å². The molecule has 2 aromatic rings. The molecule has 1 fully saturated rings. The van der Waals surface area contributed by atoms with Gasteiger partial charge in [0.2, 0.25) is 11.7 Å². The number of aromatic nitrogens is 3. The molecule has 10 heteroatoms. The van der Waals surface area contributed by atoms with Gasteiger partial charge in [-0.1, -0.05) is 5.16 Å². The van der Waals surface area contributed by atoms with Crippen molar-refractivity contribution in [3.8, 4) is 5.75 Å². The van der Waals surface area contributed by atoms with Gasteiger partial charge in [0.15, 0.2) is 5.69 Å². The van der Waals surface area contributed by atoms with Crippen molar-refractivity contribution in [2.75, 3.05) is 29.9 Å². The molecule has 3 rings (SSSR count). The molecule has 0 radical (unpaired) electrons. The normalized spacial score (nSPS) is 13.7. The van der Waals surface area contributed by atoms with Crippen LogP contribution in [0.4, 0.5) is 11.6 Å². The van der Waals surface area contributed by atoms with Crippen LogP contribution in [0, 0.1) is 0 Å². The second-order valence-corrected chi connectivity index (χ2v) is 5.70. The zero-order valence-electron chi connectivity index (χ0n) is 14.8. The highest BCUT2D eigenvalue weighted by molar-refractivity contribution is 6.04. The summed E-state index contributed by atoms with van der Waals surface area (Å²) >= 11 is 0. The lowest BCUT2D eigenvalue weighted by atomic mass is 10.1. The Labute approximate surface area is 150 Å². The molecule has 0 spiro atoms. The Kier molecular flexibility index (Phi) is 6.73. The third-order valence-electron chi connectivity index (χ3n) is 3.79. The monoisotopic (exact) mass is 365 g/mol. The van der Waals surface area contributed by atoms with E-state index in [4.69, 9.17) is 5.11 Å². The number of hydrogen-bond donors (Lipinski definition) is 3. The fourth-order valence-electron chi connectivity index (χ4n) is 2.57. The third kappa shape index (κ3) is 4.39. The summed E-state index contributed by atoms with van der Waals surface area (Å²) in [5, 5.41) is 23.5. The van der Waals surface area contributed by atoms with Crippen LogP contribution in [0.2, 0.25) is 0 Å². The van der Waals surface area contributed by atoms with Crippen LogP contribution in [0.5, 0.6) is 5.75 Å². The molecule has 0 bridgehead atoms. The van der Waals surface area contributed by atoms with Crippen LogP contribution in [-0.4, -0.2) is 50.5 Å². The van der Waals surface area contributed by atoms with E-state index in [0.717, 1.165) is 32.4 Å². The van der Waals surface area contributed by atoms with Gasteiger partial charge in [-0.2, -0.15) is 0 Å². The second-order valence-electron chi connectivity index (χ2n) is 5.70. The molecule has 1 saturated heterocycles. The molecule has 26 heavy (non-hydrogen) atoms. The van der Waals surface area contributed by atoms with Gasteiger partial charge in [0.1, 0.15) is 12.0 Å². The highest BCUT2D eigenvalue weighted by atomic mass is 16.5. The molecule has 3 N–H and O–H groups in total. The van der Waals surface area contributed by atoms with Crippen LogP contribution in [0.1, 0.15) is 36.7 Å². The van der Waals surface area contributed by atoms with Crippen molar-refractivity contribution in [1.82, 2.24) is 14.7 Å². The number of piperidine rings is 1. The molecule has 0 atom stereocenters. The fourth-order valence-corrected chi connectivity index (χ4v) is 2.57. The van der Waals surface area contributed by atoms with Gasteiger partial charge in [0.05, 0.1) is 6.20 Å². The first-order valence-corrected chi connectivity index (χ1v) is 8.36. The maximum absolute atomic E-state index is 12.3. The van der Waals surface area contributed by atoms with Crippen LogP contribution in [-0.2, 0) is 7.05 Å². The van der Waals surface area contributed by atoms with Gasteiger partial charge in [-0.15, -0.1) is 0 Å². The number of nitrogens with one attached hydrogen (secondary N) is 1. The lowest BCUT2D eigenvalue weighted by Gasteiger charge is -2.29. The molecular formula is C16H23N5O5. The van der Waals surface area contributed by atoms with Crippen molar-refractivity contribution >= 4 is 17.5 Å². The molecular weight excluding hydrogens is 342 g/mol. The van der Waals surface area contributed by atoms with Crippen LogP contribution < -0.4 is 15.8 Å². The van der Waals surface area contributed by atoms with Gasteiger partial charge in [-0.25, -0.2) is 4.98 Å². The van der Waals surface area contributed by atoms with E-state index in [0.29, 0.717) is 11.6 Å². The molecule has 142 valence electrons.